The fourth-order valence-corrected chi connectivity index (χ4v) is 6.55. The van der Waals surface area contributed by atoms with Gasteiger partial charge >= 0.3 is 0 Å². The van der Waals surface area contributed by atoms with Gasteiger partial charge in [0.05, 0.1) is 11.5 Å². The van der Waals surface area contributed by atoms with E-state index in [1.807, 2.05) is 24.3 Å². The second kappa shape index (κ2) is 6.06. The summed E-state index contributed by atoms with van der Waals surface area (Å²) in [5.41, 5.74) is 1.30. The van der Waals surface area contributed by atoms with Crippen LogP contribution in [0.25, 0.3) is 0 Å². The predicted molar refractivity (Wildman–Crippen MR) is 89.0 cm³/mol. The lowest BCUT2D eigenvalue weighted by atomic mass is 9.74. The summed E-state index contributed by atoms with van der Waals surface area (Å²) in [5.74, 6) is 0.810. The maximum absolute atomic E-state index is 11.4. The van der Waals surface area contributed by atoms with Crippen LogP contribution >= 0.6 is 0 Å². The number of nitrogens with one attached hydrogen (secondary N) is 1. The van der Waals surface area contributed by atoms with Gasteiger partial charge in [-0.15, -0.1) is 0 Å². The van der Waals surface area contributed by atoms with Crippen LogP contribution in [0.1, 0.15) is 31.2 Å². The Morgan fingerprint density at radius 3 is 2.27 bits per heavy atom. The molecule has 2 fully saturated rings. The Hall–Kier alpha value is -0.720. The summed E-state index contributed by atoms with van der Waals surface area (Å²) >= 11 is 0. The molecule has 1 spiro atoms. The van der Waals surface area contributed by atoms with E-state index in [1.54, 1.807) is 6.26 Å². The number of sulfone groups is 1. The highest BCUT2D eigenvalue weighted by molar-refractivity contribution is 7.92. The summed E-state index contributed by atoms with van der Waals surface area (Å²) in [4.78, 5) is 0.856. The standard InChI is InChI=1S/C16H23NO3S2/c1-21(18)15-4-2-13(3-5-15)10-17-14-6-8-16(9-7-14)11-22(19,20)12-16/h2-5,14,17H,6-12H2,1H3. The van der Waals surface area contributed by atoms with Crippen molar-refractivity contribution >= 4 is 20.6 Å². The predicted octanol–water partition coefficient (Wildman–Crippen LogP) is 1.87. The summed E-state index contributed by atoms with van der Waals surface area (Å²) < 4.78 is 34.1. The van der Waals surface area contributed by atoms with Crippen LogP contribution < -0.4 is 5.32 Å². The van der Waals surface area contributed by atoms with E-state index in [-0.39, 0.29) is 5.41 Å². The number of rotatable bonds is 4. The zero-order chi connectivity index (χ0) is 15.8. The van der Waals surface area contributed by atoms with Gasteiger partial charge in [0, 0.05) is 34.5 Å². The molecule has 3 rings (SSSR count). The Bertz CT molecular complexity index is 645. The smallest absolute Gasteiger partial charge is 0.151 e. The molecule has 4 nitrogen and oxygen atoms in total. The maximum atomic E-state index is 11.4. The van der Waals surface area contributed by atoms with Crippen molar-refractivity contribution in [3.63, 3.8) is 0 Å². The van der Waals surface area contributed by atoms with Crippen molar-refractivity contribution in [3.8, 4) is 0 Å². The van der Waals surface area contributed by atoms with Crippen LogP contribution in [0.15, 0.2) is 29.2 Å². The first-order chi connectivity index (χ1) is 10.4. The summed E-state index contributed by atoms with van der Waals surface area (Å²) in [7, 11) is -3.64. The van der Waals surface area contributed by atoms with Crippen LogP contribution in [0.3, 0.4) is 0 Å². The first-order valence-electron chi connectivity index (χ1n) is 7.74. The molecule has 122 valence electrons. The van der Waals surface area contributed by atoms with Gasteiger partial charge in [0.25, 0.3) is 0 Å². The topological polar surface area (TPSA) is 63.2 Å². The van der Waals surface area contributed by atoms with E-state index in [2.05, 4.69) is 5.32 Å². The highest BCUT2D eigenvalue weighted by Crippen LogP contribution is 2.45. The molecule has 1 aromatic rings. The average Bonchev–Trinajstić information content (AvgIpc) is 2.45. The molecule has 1 aliphatic carbocycles. The first kappa shape index (κ1) is 16.1. The van der Waals surface area contributed by atoms with Crippen LogP contribution in [-0.4, -0.2) is 36.4 Å². The lowest BCUT2D eigenvalue weighted by Crippen LogP contribution is -2.52. The fraction of sp³-hybridized carbons (Fsp3) is 0.625. The van der Waals surface area contributed by atoms with Gasteiger partial charge in [-0.05, 0) is 48.8 Å². The van der Waals surface area contributed by atoms with E-state index in [1.165, 1.54) is 5.56 Å². The minimum Gasteiger partial charge on any atom is -0.310 e. The van der Waals surface area contributed by atoms with E-state index < -0.39 is 20.6 Å². The van der Waals surface area contributed by atoms with Crippen molar-refractivity contribution in [1.82, 2.24) is 5.32 Å². The molecule has 2 aliphatic rings. The van der Waals surface area contributed by atoms with Crippen molar-refractivity contribution in [2.75, 3.05) is 17.8 Å². The Kier molecular flexibility index (Phi) is 4.45. The van der Waals surface area contributed by atoms with Crippen molar-refractivity contribution in [2.24, 2.45) is 5.41 Å². The molecule has 6 heteroatoms. The van der Waals surface area contributed by atoms with Crippen molar-refractivity contribution < 1.29 is 12.6 Å². The van der Waals surface area contributed by atoms with Gasteiger partial charge in [-0.2, -0.15) is 0 Å². The van der Waals surface area contributed by atoms with Gasteiger partial charge in [-0.3, -0.25) is 4.21 Å². The van der Waals surface area contributed by atoms with E-state index in [9.17, 15) is 12.6 Å². The fourth-order valence-electron chi connectivity index (χ4n) is 3.67. The molecule has 0 radical (unpaired) electrons. The number of hydrogen-bond donors (Lipinski definition) is 1. The molecule has 0 bridgehead atoms. The van der Waals surface area contributed by atoms with Crippen LogP contribution in [-0.2, 0) is 27.2 Å². The highest BCUT2D eigenvalue weighted by atomic mass is 32.2. The SMILES string of the molecule is CS(=O)c1ccc(CNC2CCC3(CC2)CS(=O)(=O)C3)cc1. The minimum absolute atomic E-state index is 0.101. The molecule has 22 heavy (non-hydrogen) atoms. The molecule has 1 atom stereocenters. The molecule has 1 saturated heterocycles. The lowest BCUT2D eigenvalue weighted by Gasteiger charge is -2.46. The molecule has 1 N–H and O–H groups in total. The molecule has 1 unspecified atom stereocenters. The van der Waals surface area contributed by atoms with Crippen LogP contribution in [0, 0.1) is 5.41 Å². The van der Waals surface area contributed by atoms with Gasteiger partial charge in [-0.25, -0.2) is 8.42 Å². The van der Waals surface area contributed by atoms with Crippen LogP contribution in [0.5, 0.6) is 0 Å². The molecular formula is C16H23NO3S2. The number of hydrogen-bond acceptors (Lipinski definition) is 4. The molecule has 1 aromatic carbocycles. The molecule has 0 aromatic heterocycles. The first-order valence-corrected chi connectivity index (χ1v) is 11.1. The third-order valence-electron chi connectivity index (χ3n) is 4.95. The normalized spacial score (nSPS) is 24.8. The van der Waals surface area contributed by atoms with Gasteiger partial charge in [-0.1, -0.05) is 12.1 Å². The third kappa shape index (κ3) is 3.60. The van der Waals surface area contributed by atoms with Crippen molar-refractivity contribution in [2.45, 2.75) is 43.2 Å². The Balaban J connectivity index is 1.46. The summed E-state index contributed by atoms with van der Waals surface area (Å²) in [6.07, 6.45) is 5.86. The molecular weight excluding hydrogens is 318 g/mol. The van der Waals surface area contributed by atoms with E-state index in [0.717, 1.165) is 37.1 Å². The Labute approximate surface area is 135 Å². The third-order valence-corrected chi connectivity index (χ3v) is 7.99. The average molecular weight is 341 g/mol. The quantitative estimate of drug-likeness (QED) is 0.908. The van der Waals surface area contributed by atoms with Crippen LogP contribution in [0.4, 0.5) is 0 Å². The van der Waals surface area contributed by atoms with Gasteiger partial charge in [0.2, 0.25) is 0 Å². The minimum atomic E-state index is -2.72. The molecule has 0 amide bonds. The zero-order valence-electron chi connectivity index (χ0n) is 12.9. The summed E-state index contributed by atoms with van der Waals surface area (Å²) in [6, 6.07) is 8.36. The van der Waals surface area contributed by atoms with Crippen molar-refractivity contribution in [1.29, 1.82) is 0 Å². The zero-order valence-corrected chi connectivity index (χ0v) is 14.5. The molecule has 1 saturated carbocycles. The largest absolute Gasteiger partial charge is 0.310 e. The van der Waals surface area contributed by atoms with Gasteiger partial charge in [0.15, 0.2) is 9.84 Å². The second-order valence-corrected chi connectivity index (χ2v) is 10.2. The maximum Gasteiger partial charge on any atom is 0.151 e. The number of benzene rings is 1. The van der Waals surface area contributed by atoms with Crippen LogP contribution in [0.2, 0.25) is 0 Å². The highest BCUT2D eigenvalue weighted by Gasteiger charge is 2.49. The second-order valence-electron chi connectivity index (χ2n) is 6.79. The molecule has 1 heterocycles. The van der Waals surface area contributed by atoms with E-state index >= 15 is 0 Å². The summed E-state index contributed by atoms with van der Waals surface area (Å²) in [5, 5.41) is 3.57. The van der Waals surface area contributed by atoms with Gasteiger partial charge < -0.3 is 5.32 Å². The Morgan fingerprint density at radius 2 is 1.77 bits per heavy atom. The van der Waals surface area contributed by atoms with E-state index in [0.29, 0.717) is 17.5 Å². The summed E-state index contributed by atoms with van der Waals surface area (Å²) in [6.45, 7) is 0.812. The monoisotopic (exact) mass is 341 g/mol. The van der Waals surface area contributed by atoms with Crippen molar-refractivity contribution in [3.05, 3.63) is 29.8 Å². The van der Waals surface area contributed by atoms with Gasteiger partial charge in [0.1, 0.15) is 0 Å². The Morgan fingerprint density at radius 1 is 1.18 bits per heavy atom. The molecule has 1 aliphatic heterocycles. The van der Waals surface area contributed by atoms with E-state index in [4.69, 9.17) is 0 Å². The lowest BCUT2D eigenvalue weighted by molar-refractivity contribution is 0.193.